The molecule has 0 amide bonds. The predicted molar refractivity (Wildman–Crippen MR) is 90.3 cm³/mol. The number of hydrogen-bond donors (Lipinski definition) is 2. The Morgan fingerprint density at radius 3 is 3.14 bits per heavy atom. The highest BCUT2D eigenvalue weighted by Crippen LogP contribution is 2.31. The zero-order valence-electron chi connectivity index (χ0n) is 12.7. The van der Waals surface area contributed by atoms with Gasteiger partial charge in [-0.1, -0.05) is 13.3 Å². The van der Waals surface area contributed by atoms with Crippen molar-refractivity contribution >= 4 is 29.0 Å². The van der Waals surface area contributed by atoms with Crippen molar-refractivity contribution in [2.45, 2.75) is 43.9 Å². The summed E-state index contributed by atoms with van der Waals surface area (Å²) in [4.78, 5) is 9.16. The molecule has 1 saturated carbocycles. The van der Waals surface area contributed by atoms with Gasteiger partial charge >= 0.3 is 0 Å². The van der Waals surface area contributed by atoms with E-state index in [4.69, 9.17) is 4.98 Å². The van der Waals surface area contributed by atoms with E-state index in [0.717, 1.165) is 30.2 Å². The Balaban J connectivity index is 1.87. The number of hydrogen-bond acceptors (Lipinski definition) is 5. The largest absolute Gasteiger partial charge is 0.369 e. The lowest BCUT2D eigenvalue weighted by molar-refractivity contribution is 0.763. The molecule has 2 aromatic rings. The second kappa shape index (κ2) is 6.56. The number of imidazole rings is 1. The number of anilines is 2. The third kappa shape index (κ3) is 3.10. The first-order valence-corrected chi connectivity index (χ1v) is 8.97. The van der Waals surface area contributed by atoms with E-state index < -0.39 is 0 Å². The van der Waals surface area contributed by atoms with Crippen LogP contribution in [0.25, 0.3) is 5.65 Å². The molecule has 0 saturated heterocycles. The van der Waals surface area contributed by atoms with E-state index in [1.54, 1.807) is 0 Å². The lowest BCUT2D eigenvalue weighted by atomic mass is 10.2. The number of nitrogens with zero attached hydrogens (tertiary/aromatic N) is 3. The maximum atomic E-state index is 4.73. The minimum absolute atomic E-state index is 0.495. The molecule has 1 aliphatic carbocycles. The van der Waals surface area contributed by atoms with Gasteiger partial charge in [0.15, 0.2) is 11.5 Å². The number of aromatic nitrogens is 3. The molecule has 2 unspecified atom stereocenters. The average molecular weight is 305 g/mol. The van der Waals surface area contributed by atoms with Crippen molar-refractivity contribution in [3.63, 3.8) is 0 Å². The Kier molecular flexibility index (Phi) is 4.53. The van der Waals surface area contributed by atoms with Crippen molar-refractivity contribution in [2.75, 3.05) is 23.4 Å². The monoisotopic (exact) mass is 305 g/mol. The van der Waals surface area contributed by atoms with E-state index in [0.29, 0.717) is 11.3 Å². The fraction of sp³-hybridized carbons (Fsp3) is 0.600. The van der Waals surface area contributed by atoms with Gasteiger partial charge in [-0.05, 0) is 25.5 Å². The fourth-order valence-electron chi connectivity index (χ4n) is 2.92. The van der Waals surface area contributed by atoms with Gasteiger partial charge in [-0.2, -0.15) is 11.8 Å². The molecule has 0 bridgehead atoms. The standard InChI is InChI=1S/C15H23N5S/c1-3-7-16-13-10-20-9-8-17-15(20)14(19-13)18-11-5-4-6-12(11)21-2/h8-12,16H,3-7H2,1-2H3,(H,18,19). The van der Waals surface area contributed by atoms with E-state index in [2.05, 4.69) is 28.8 Å². The fourth-order valence-corrected chi connectivity index (χ4v) is 3.85. The van der Waals surface area contributed by atoms with Crippen LogP contribution in [0.2, 0.25) is 0 Å². The van der Waals surface area contributed by atoms with Crippen LogP contribution in [0.15, 0.2) is 18.6 Å². The number of thioether (sulfide) groups is 1. The molecule has 2 aromatic heterocycles. The molecule has 3 rings (SSSR count). The molecule has 0 aliphatic heterocycles. The highest BCUT2D eigenvalue weighted by atomic mass is 32.2. The van der Waals surface area contributed by atoms with Crippen LogP contribution in [0, 0.1) is 0 Å². The second-order valence-electron chi connectivity index (χ2n) is 5.52. The molecule has 2 heterocycles. The van der Waals surface area contributed by atoms with Crippen LogP contribution in [-0.2, 0) is 0 Å². The lowest BCUT2D eigenvalue weighted by Crippen LogP contribution is -2.26. The van der Waals surface area contributed by atoms with Crippen LogP contribution in [0.5, 0.6) is 0 Å². The van der Waals surface area contributed by atoms with Gasteiger partial charge in [-0.3, -0.25) is 0 Å². The molecule has 114 valence electrons. The van der Waals surface area contributed by atoms with Gasteiger partial charge in [0.2, 0.25) is 0 Å². The van der Waals surface area contributed by atoms with Gasteiger partial charge in [0.25, 0.3) is 0 Å². The van der Waals surface area contributed by atoms with Crippen LogP contribution >= 0.6 is 11.8 Å². The maximum Gasteiger partial charge on any atom is 0.180 e. The molecule has 1 fully saturated rings. The Morgan fingerprint density at radius 1 is 1.43 bits per heavy atom. The molecule has 0 radical (unpaired) electrons. The van der Waals surface area contributed by atoms with E-state index in [9.17, 15) is 0 Å². The molecular weight excluding hydrogens is 282 g/mol. The van der Waals surface area contributed by atoms with Crippen molar-refractivity contribution in [2.24, 2.45) is 0 Å². The molecular formula is C15H23N5S. The van der Waals surface area contributed by atoms with Crippen LogP contribution in [0.1, 0.15) is 32.6 Å². The van der Waals surface area contributed by atoms with E-state index in [-0.39, 0.29) is 0 Å². The average Bonchev–Trinajstić information content (AvgIpc) is 3.13. The summed E-state index contributed by atoms with van der Waals surface area (Å²) in [5.41, 5.74) is 0.906. The first-order chi connectivity index (χ1) is 10.3. The Morgan fingerprint density at radius 2 is 2.33 bits per heavy atom. The molecule has 0 spiro atoms. The van der Waals surface area contributed by atoms with Gasteiger partial charge in [0, 0.05) is 30.2 Å². The van der Waals surface area contributed by atoms with Crippen molar-refractivity contribution in [3.05, 3.63) is 18.6 Å². The third-order valence-electron chi connectivity index (χ3n) is 4.01. The summed E-state index contributed by atoms with van der Waals surface area (Å²) in [7, 11) is 0. The quantitative estimate of drug-likeness (QED) is 0.858. The zero-order chi connectivity index (χ0) is 14.7. The zero-order valence-corrected chi connectivity index (χ0v) is 13.5. The summed E-state index contributed by atoms with van der Waals surface area (Å²) in [5, 5.41) is 7.67. The van der Waals surface area contributed by atoms with Crippen molar-refractivity contribution in [3.8, 4) is 0 Å². The van der Waals surface area contributed by atoms with Crippen molar-refractivity contribution < 1.29 is 0 Å². The highest BCUT2D eigenvalue weighted by molar-refractivity contribution is 7.99. The topological polar surface area (TPSA) is 54.2 Å². The van der Waals surface area contributed by atoms with Crippen LogP contribution in [-0.4, -0.2) is 38.5 Å². The molecule has 21 heavy (non-hydrogen) atoms. The minimum atomic E-state index is 0.495. The van der Waals surface area contributed by atoms with Crippen LogP contribution in [0.4, 0.5) is 11.6 Å². The summed E-state index contributed by atoms with van der Waals surface area (Å²) in [6.07, 6.45) is 12.9. The first-order valence-electron chi connectivity index (χ1n) is 7.68. The first kappa shape index (κ1) is 14.5. The highest BCUT2D eigenvalue weighted by Gasteiger charge is 2.27. The normalized spacial score (nSPS) is 21.8. The summed E-state index contributed by atoms with van der Waals surface area (Å²) in [6.45, 7) is 3.09. The lowest BCUT2D eigenvalue weighted by Gasteiger charge is -2.20. The van der Waals surface area contributed by atoms with Crippen LogP contribution in [0.3, 0.4) is 0 Å². The van der Waals surface area contributed by atoms with Crippen molar-refractivity contribution in [1.29, 1.82) is 0 Å². The Labute approximate surface area is 129 Å². The van der Waals surface area contributed by atoms with E-state index in [1.807, 2.05) is 34.8 Å². The smallest absolute Gasteiger partial charge is 0.180 e. The SMILES string of the molecule is CCCNc1cn2ccnc2c(NC2CCCC2SC)n1. The number of rotatable bonds is 6. The van der Waals surface area contributed by atoms with E-state index in [1.165, 1.54) is 19.3 Å². The predicted octanol–water partition coefficient (Wildman–Crippen LogP) is 3.25. The molecule has 1 aliphatic rings. The summed E-state index contributed by atoms with van der Waals surface area (Å²) in [5.74, 6) is 1.80. The van der Waals surface area contributed by atoms with E-state index >= 15 is 0 Å². The molecule has 2 atom stereocenters. The van der Waals surface area contributed by atoms with Gasteiger partial charge in [-0.15, -0.1) is 0 Å². The summed E-state index contributed by atoms with van der Waals surface area (Å²) >= 11 is 1.95. The van der Waals surface area contributed by atoms with Gasteiger partial charge < -0.3 is 15.0 Å². The summed E-state index contributed by atoms with van der Waals surface area (Å²) in [6, 6.07) is 0.495. The summed E-state index contributed by atoms with van der Waals surface area (Å²) < 4.78 is 2.04. The minimum Gasteiger partial charge on any atom is -0.369 e. The Hall–Kier alpha value is -1.43. The molecule has 6 heteroatoms. The molecule has 0 aromatic carbocycles. The van der Waals surface area contributed by atoms with Gasteiger partial charge in [0.1, 0.15) is 5.82 Å². The maximum absolute atomic E-state index is 4.73. The number of nitrogens with one attached hydrogen (secondary N) is 2. The Bertz CT molecular complexity index is 597. The second-order valence-corrected chi connectivity index (χ2v) is 6.59. The van der Waals surface area contributed by atoms with Gasteiger partial charge in [0.05, 0.1) is 6.20 Å². The molecule has 5 nitrogen and oxygen atoms in total. The van der Waals surface area contributed by atoms with Crippen molar-refractivity contribution in [1.82, 2.24) is 14.4 Å². The molecule has 2 N–H and O–H groups in total. The third-order valence-corrected chi connectivity index (χ3v) is 5.18. The van der Waals surface area contributed by atoms with Gasteiger partial charge in [-0.25, -0.2) is 9.97 Å². The number of fused-ring (bicyclic) bond motifs is 1. The van der Waals surface area contributed by atoms with Crippen LogP contribution < -0.4 is 10.6 Å².